The molecule has 0 bridgehead atoms. The van der Waals surface area contributed by atoms with Crippen molar-refractivity contribution in [3.63, 3.8) is 0 Å². The van der Waals surface area contributed by atoms with E-state index in [0.717, 1.165) is 0 Å². The van der Waals surface area contributed by atoms with Gasteiger partial charge in [0.2, 0.25) is 0 Å². The number of carbonyl (C=O) groups excluding carboxylic acids is 1. The zero-order valence-corrected chi connectivity index (χ0v) is 5.86. The summed E-state index contributed by atoms with van der Waals surface area (Å²) in [4.78, 5) is 10.1. The molecule has 4 nitrogen and oxygen atoms in total. The van der Waals surface area contributed by atoms with Gasteiger partial charge in [-0.25, -0.2) is 0 Å². The normalized spacial score (nSPS) is 16.3. The molecular weight excluding hydrogens is 136 g/mol. The molecule has 0 aromatic heterocycles. The summed E-state index contributed by atoms with van der Waals surface area (Å²) in [6, 6.07) is 0. The number of carbonyl (C=O) groups is 1. The van der Waals surface area contributed by atoms with Gasteiger partial charge in [-0.3, -0.25) is 0 Å². The van der Waals surface area contributed by atoms with Gasteiger partial charge in [-0.05, 0) is 6.92 Å². The molecule has 2 N–H and O–H groups in total. The van der Waals surface area contributed by atoms with Crippen LogP contribution in [0, 0.1) is 0 Å². The Morgan fingerprint density at radius 1 is 1.70 bits per heavy atom. The summed E-state index contributed by atoms with van der Waals surface area (Å²) >= 11 is 0. The topological polar surface area (TPSA) is 66.8 Å². The van der Waals surface area contributed by atoms with Gasteiger partial charge >= 0.3 is 0 Å². The molecule has 0 heterocycles. The molecule has 0 aliphatic rings. The van der Waals surface area contributed by atoms with Crippen LogP contribution in [0.25, 0.3) is 0 Å². The van der Waals surface area contributed by atoms with Gasteiger partial charge in [0.25, 0.3) is 0 Å². The van der Waals surface area contributed by atoms with Crippen molar-refractivity contribution in [2.24, 2.45) is 0 Å². The van der Waals surface area contributed by atoms with Gasteiger partial charge in [-0.1, -0.05) is 0 Å². The van der Waals surface area contributed by atoms with E-state index in [4.69, 9.17) is 14.9 Å². The fourth-order valence-electron chi connectivity index (χ4n) is 0.481. The second kappa shape index (κ2) is 5.34. The van der Waals surface area contributed by atoms with E-state index in [1.807, 2.05) is 0 Å². The predicted octanol–water partition coefficient (Wildman–Crippen LogP) is -1.06. The lowest BCUT2D eigenvalue weighted by atomic mass is 10.2. The van der Waals surface area contributed by atoms with Crippen molar-refractivity contribution >= 4 is 6.29 Å². The van der Waals surface area contributed by atoms with Crippen molar-refractivity contribution in [3.05, 3.63) is 0 Å². The summed E-state index contributed by atoms with van der Waals surface area (Å²) in [7, 11) is 0. The lowest BCUT2D eigenvalue weighted by molar-refractivity contribution is -0.125. The molecule has 0 saturated carbocycles. The molecule has 0 aliphatic heterocycles. The minimum absolute atomic E-state index is 0.0777. The van der Waals surface area contributed by atoms with Crippen LogP contribution in [-0.2, 0) is 9.53 Å². The van der Waals surface area contributed by atoms with E-state index in [1.54, 1.807) is 0 Å². The van der Waals surface area contributed by atoms with Crippen LogP contribution in [0.15, 0.2) is 0 Å². The number of hydrogen-bond donors (Lipinski definition) is 2. The van der Waals surface area contributed by atoms with Crippen molar-refractivity contribution in [3.8, 4) is 0 Å². The van der Waals surface area contributed by atoms with Crippen molar-refractivity contribution < 1.29 is 19.7 Å². The Bertz CT molecular complexity index is 91.7. The first-order chi connectivity index (χ1) is 4.72. The molecule has 0 amide bonds. The number of aldehydes is 1. The summed E-state index contributed by atoms with van der Waals surface area (Å²) in [5.74, 6) is 0. The zero-order valence-electron chi connectivity index (χ0n) is 5.86. The third kappa shape index (κ3) is 3.55. The highest BCUT2D eigenvalue weighted by Crippen LogP contribution is 1.94. The number of hydrogen-bond acceptors (Lipinski definition) is 4. The molecule has 0 aliphatic carbocycles. The Labute approximate surface area is 59.4 Å². The Morgan fingerprint density at radius 3 is 2.60 bits per heavy atom. The van der Waals surface area contributed by atoms with E-state index < -0.39 is 12.2 Å². The van der Waals surface area contributed by atoms with E-state index >= 15 is 0 Å². The summed E-state index contributed by atoms with van der Waals surface area (Å²) < 4.78 is 4.73. The number of aliphatic hydroxyl groups is 2. The Morgan fingerprint density at radius 2 is 2.30 bits per heavy atom. The minimum Gasteiger partial charge on any atom is -0.394 e. The maximum absolute atomic E-state index is 10.1. The van der Waals surface area contributed by atoms with Gasteiger partial charge in [0, 0.05) is 0 Å². The molecule has 0 aromatic rings. The van der Waals surface area contributed by atoms with E-state index in [0.29, 0.717) is 6.29 Å². The minimum atomic E-state index is -0.816. The molecular formula is C6H12O4. The van der Waals surface area contributed by atoms with Crippen LogP contribution in [0.3, 0.4) is 0 Å². The van der Waals surface area contributed by atoms with Gasteiger partial charge < -0.3 is 19.7 Å². The molecule has 0 saturated heterocycles. The second-order valence-electron chi connectivity index (χ2n) is 1.94. The van der Waals surface area contributed by atoms with Crippen molar-refractivity contribution in [2.75, 3.05) is 13.2 Å². The van der Waals surface area contributed by atoms with Crippen LogP contribution in [0.2, 0.25) is 0 Å². The van der Waals surface area contributed by atoms with Gasteiger partial charge in [-0.15, -0.1) is 0 Å². The molecule has 10 heavy (non-hydrogen) atoms. The van der Waals surface area contributed by atoms with E-state index in [2.05, 4.69) is 0 Å². The maximum Gasteiger partial charge on any atom is 0.151 e. The smallest absolute Gasteiger partial charge is 0.151 e. The van der Waals surface area contributed by atoms with E-state index in [-0.39, 0.29) is 13.2 Å². The van der Waals surface area contributed by atoms with Crippen molar-refractivity contribution in [1.29, 1.82) is 0 Å². The molecule has 2 unspecified atom stereocenters. The van der Waals surface area contributed by atoms with Crippen molar-refractivity contribution in [2.45, 2.75) is 19.1 Å². The fourth-order valence-corrected chi connectivity index (χ4v) is 0.481. The monoisotopic (exact) mass is 148 g/mol. The first kappa shape index (κ1) is 9.55. The first-order valence-corrected chi connectivity index (χ1v) is 3.08. The summed E-state index contributed by atoms with van der Waals surface area (Å²) in [5, 5.41) is 17.1. The summed E-state index contributed by atoms with van der Waals surface area (Å²) in [6.45, 7) is 1.39. The van der Waals surface area contributed by atoms with Gasteiger partial charge in [0.05, 0.1) is 19.3 Å². The number of ether oxygens (including phenoxy) is 1. The number of rotatable bonds is 5. The summed E-state index contributed by atoms with van der Waals surface area (Å²) in [5.41, 5.74) is 0. The average molecular weight is 148 g/mol. The zero-order chi connectivity index (χ0) is 7.98. The maximum atomic E-state index is 10.1. The van der Waals surface area contributed by atoms with Crippen LogP contribution in [-0.4, -0.2) is 41.9 Å². The predicted molar refractivity (Wildman–Crippen MR) is 34.6 cm³/mol. The van der Waals surface area contributed by atoms with Crippen LogP contribution >= 0.6 is 0 Å². The molecule has 2 atom stereocenters. The fraction of sp³-hybridized carbons (Fsp3) is 0.833. The average Bonchev–Trinajstić information content (AvgIpc) is 1.89. The molecule has 0 fully saturated rings. The van der Waals surface area contributed by atoms with Crippen LogP contribution in [0.4, 0.5) is 0 Å². The molecule has 0 radical (unpaired) electrons. The quantitative estimate of drug-likeness (QED) is 0.488. The highest BCUT2D eigenvalue weighted by molar-refractivity contribution is 5.56. The second-order valence-corrected chi connectivity index (χ2v) is 1.94. The molecule has 60 valence electrons. The van der Waals surface area contributed by atoms with Crippen molar-refractivity contribution in [1.82, 2.24) is 0 Å². The third-order valence-corrected chi connectivity index (χ3v) is 1.01. The molecule has 4 heteroatoms. The van der Waals surface area contributed by atoms with Crippen LogP contribution in [0.5, 0.6) is 0 Å². The lowest BCUT2D eigenvalue weighted by Crippen LogP contribution is -2.28. The van der Waals surface area contributed by atoms with Gasteiger partial charge in [-0.2, -0.15) is 0 Å². The first-order valence-electron chi connectivity index (χ1n) is 3.08. The third-order valence-electron chi connectivity index (χ3n) is 1.01. The van der Waals surface area contributed by atoms with Crippen LogP contribution < -0.4 is 0 Å². The Kier molecular flexibility index (Phi) is 5.10. The van der Waals surface area contributed by atoms with Gasteiger partial charge in [0.1, 0.15) is 6.10 Å². The summed E-state index contributed by atoms with van der Waals surface area (Å²) in [6.07, 6.45) is -1.11. The largest absolute Gasteiger partial charge is 0.394 e. The van der Waals surface area contributed by atoms with E-state index in [9.17, 15) is 4.79 Å². The lowest BCUT2D eigenvalue weighted by Gasteiger charge is -2.12. The highest BCUT2D eigenvalue weighted by atomic mass is 16.5. The Balaban J connectivity index is 3.50. The molecule has 0 aromatic carbocycles. The molecule has 0 spiro atoms. The van der Waals surface area contributed by atoms with E-state index in [1.165, 1.54) is 6.92 Å². The number of aliphatic hydroxyl groups excluding tert-OH is 2. The highest BCUT2D eigenvalue weighted by Gasteiger charge is 2.12. The van der Waals surface area contributed by atoms with Gasteiger partial charge in [0.15, 0.2) is 6.29 Å². The standard InChI is InChI=1S/C6H12O4/c1-5(9)6(4-8)10-3-2-7/h4-7,9H,2-3H2,1H3. The van der Waals surface area contributed by atoms with Crippen LogP contribution in [0.1, 0.15) is 6.92 Å². The molecule has 0 rings (SSSR count). The SMILES string of the molecule is CC(O)C(C=O)OCCO. The Hall–Kier alpha value is -0.450.